The quantitative estimate of drug-likeness (QED) is 0.925. The van der Waals surface area contributed by atoms with Gasteiger partial charge in [-0.3, -0.25) is 9.20 Å². The summed E-state index contributed by atoms with van der Waals surface area (Å²) in [4.78, 5) is 11.2. The number of pyridine rings is 1. The van der Waals surface area contributed by atoms with Gasteiger partial charge in [-0.2, -0.15) is 0 Å². The molecule has 1 fully saturated rings. The third-order valence-electron chi connectivity index (χ3n) is 3.56. The molecule has 3 rings (SSSR count). The van der Waals surface area contributed by atoms with Crippen LogP contribution in [0.4, 0.5) is 0 Å². The summed E-state index contributed by atoms with van der Waals surface area (Å²) in [5, 5.41) is 17.5. The number of aliphatic carboxylic acids is 1. The number of halogens is 1. The zero-order valence-electron chi connectivity index (χ0n) is 9.58. The summed E-state index contributed by atoms with van der Waals surface area (Å²) < 4.78 is 2.82. The Balaban J connectivity index is 2.08. The minimum absolute atomic E-state index is 0.0354. The molecule has 2 heterocycles. The van der Waals surface area contributed by atoms with E-state index in [4.69, 9.17) is 0 Å². The van der Waals surface area contributed by atoms with Crippen molar-refractivity contribution in [2.75, 3.05) is 0 Å². The fourth-order valence-electron chi connectivity index (χ4n) is 2.70. The van der Waals surface area contributed by atoms with Crippen LogP contribution in [-0.4, -0.2) is 25.7 Å². The van der Waals surface area contributed by atoms with E-state index in [-0.39, 0.29) is 11.8 Å². The SMILES string of the molecule is O=C(O)C1CCCC1c1nnc2ccc(Br)cn12. The molecule has 2 atom stereocenters. The van der Waals surface area contributed by atoms with Crippen molar-refractivity contribution in [3.8, 4) is 0 Å². The molecule has 0 bridgehead atoms. The third-order valence-corrected chi connectivity index (χ3v) is 4.03. The highest BCUT2D eigenvalue weighted by molar-refractivity contribution is 9.10. The lowest BCUT2D eigenvalue weighted by Crippen LogP contribution is -2.18. The van der Waals surface area contributed by atoms with E-state index in [1.165, 1.54) is 0 Å². The number of carboxylic acid groups (broad SMARTS) is 1. The maximum Gasteiger partial charge on any atom is 0.307 e. The van der Waals surface area contributed by atoms with Gasteiger partial charge in [0.05, 0.1) is 5.92 Å². The lowest BCUT2D eigenvalue weighted by Gasteiger charge is -2.13. The van der Waals surface area contributed by atoms with Gasteiger partial charge in [0.25, 0.3) is 0 Å². The smallest absolute Gasteiger partial charge is 0.307 e. The van der Waals surface area contributed by atoms with Gasteiger partial charge in [0.15, 0.2) is 5.65 Å². The summed E-state index contributed by atoms with van der Waals surface area (Å²) in [6.45, 7) is 0. The van der Waals surface area contributed by atoms with Crippen molar-refractivity contribution >= 4 is 27.5 Å². The van der Waals surface area contributed by atoms with E-state index >= 15 is 0 Å². The fraction of sp³-hybridized carbons (Fsp3) is 0.417. The highest BCUT2D eigenvalue weighted by Gasteiger charge is 2.36. The van der Waals surface area contributed by atoms with Crippen LogP contribution in [0.3, 0.4) is 0 Å². The molecule has 0 saturated heterocycles. The molecular weight excluding hydrogens is 298 g/mol. The average Bonchev–Trinajstić information content (AvgIpc) is 2.92. The van der Waals surface area contributed by atoms with E-state index in [2.05, 4.69) is 26.1 Å². The lowest BCUT2D eigenvalue weighted by atomic mass is 9.95. The Kier molecular flexibility index (Phi) is 2.81. The van der Waals surface area contributed by atoms with Crippen molar-refractivity contribution in [1.29, 1.82) is 0 Å². The normalized spacial score (nSPS) is 23.6. The molecule has 94 valence electrons. The average molecular weight is 310 g/mol. The number of rotatable bonds is 2. The predicted octanol–water partition coefficient (Wildman–Crippen LogP) is 2.46. The number of hydrogen-bond acceptors (Lipinski definition) is 3. The minimum Gasteiger partial charge on any atom is -0.481 e. The molecule has 0 spiro atoms. The van der Waals surface area contributed by atoms with Crippen LogP contribution in [0, 0.1) is 5.92 Å². The minimum atomic E-state index is -0.732. The van der Waals surface area contributed by atoms with Crippen molar-refractivity contribution < 1.29 is 9.90 Å². The van der Waals surface area contributed by atoms with Crippen LogP contribution >= 0.6 is 15.9 Å². The molecular formula is C12H12BrN3O2. The van der Waals surface area contributed by atoms with Gasteiger partial charge in [-0.15, -0.1) is 10.2 Å². The van der Waals surface area contributed by atoms with E-state index in [1.807, 2.05) is 22.7 Å². The van der Waals surface area contributed by atoms with E-state index < -0.39 is 5.97 Å². The fourth-order valence-corrected chi connectivity index (χ4v) is 3.04. The van der Waals surface area contributed by atoms with Gasteiger partial charge in [-0.1, -0.05) is 6.42 Å². The summed E-state index contributed by atoms with van der Waals surface area (Å²) in [7, 11) is 0. The predicted molar refractivity (Wildman–Crippen MR) is 68.4 cm³/mol. The van der Waals surface area contributed by atoms with E-state index in [9.17, 15) is 9.90 Å². The number of carboxylic acids is 1. The van der Waals surface area contributed by atoms with Gasteiger partial charge in [0, 0.05) is 16.6 Å². The van der Waals surface area contributed by atoms with E-state index in [0.29, 0.717) is 0 Å². The number of nitrogens with zero attached hydrogens (tertiary/aromatic N) is 3. The first-order valence-corrected chi connectivity index (χ1v) is 6.69. The second-order valence-corrected chi connectivity index (χ2v) is 5.53. The second kappa shape index (κ2) is 4.35. The summed E-state index contributed by atoms with van der Waals surface area (Å²) in [6, 6.07) is 3.77. The standard InChI is InChI=1S/C12H12BrN3O2/c13-7-4-5-10-14-15-11(16(10)6-7)8-2-1-3-9(8)12(17)18/h4-6,8-9H,1-3H2,(H,17,18). The zero-order chi connectivity index (χ0) is 12.7. The van der Waals surface area contributed by atoms with Crippen LogP contribution < -0.4 is 0 Å². The number of fused-ring (bicyclic) bond motifs is 1. The van der Waals surface area contributed by atoms with Gasteiger partial charge >= 0.3 is 5.97 Å². The van der Waals surface area contributed by atoms with Gasteiger partial charge < -0.3 is 5.11 Å². The van der Waals surface area contributed by atoms with Crippen LogP contribution in [0.1, 0.15) is 31.0 Å². The van der Waals surface area contributed by atoms with Crippen molar-refractivity contribution in [3.63, 3.8) is 0 Å². The first-order valence-electron chi connectivity index (χ1n) is 5.90. The van der Waals surface area contributed by atoms with Gasteiger partial charge in [0.2, 0.25) is 0 Å². The van der Waals surface area contributed by atoms with Crippen molar-refractivity contribution in [2.24, 2.45) is 5.92 Å². The third kappa shape index (κ3) is 1.80. The van der Waals surface area contributed by atoms with Crippen LogP contribution in [0.5, 0.6) is 0 Å². The van der Waals surface area contributed by atoms with E-state index in [0.717, 1.165) is 35.2 Å². The molecule has 0 aromatic carbocycles. The largest absolute Gasteiger partial charge is 0.481 e. The number of carbonyl (C=O) groups is 1. The van der Waals surface area contributed by atoms with Crippen LogP contribution in [-0.2, 0) is 4.79 Å². The maximum absolute atomic E-state index is 11.2. The van der Waals surface area contributed by atoms with Crippen LogP contribution in [0.2, 0.25) is 0 Å². The summed E-state index contributed by atoms with van der Waals surface area (Å²) in [6.07, 6.45) is 4.42. The highest BCUT2D eigenvalue weighted by Crippen LogP contribution is 2.39. The molecule has 18 heavy (non-hydrogen) atoms. The molecule has 6 heteroatoms. The molecule has 1 saturated carbocycles. The Morgan fingerprint density at radius 3 is 3.00 bits per heavy atom. The van der Waals surface area contributed by atoms with E-state index in [1.54, 1.807) is 0 Å². The second-order valence-electron chi connectivity index (χ2n) is 4.62. The maximum atomic E-state index is 11.2. The molecule has 2 aromatic rings. The monoisotopic (exact) mass is 309 g/mol. The highest BCUT2D eigenvalue weighted by atomic mass is 79.9. The molecule has 2 unspecified atom stereocenters. The summed E-state index contributed by atoms with van der Waals surface area (Å²) in [5.74, 6) is -0.344. The van der Waals surface area contributed by atoms with Crippen molar-refractivity contribution in [1.82, 2.24) is 14.6 Å². The number of aromatic nitrogens is 3. The summed E-state index contributed by atoms with van der Waals surface area (Å²) in [5.41, 5.74) is 0.754. The molecule has 1 N–H and O–H groups in total. The topological polar surface area (TPSA) is 67.5 Å². The first-order chi connectivity index (χ1) is 8.66. The summed E-state index contributed by atoms with van der Waals surface area (Å²) >= 11 is 3.41. The van der Waals surface area contributed by atoms with Gasteiger partial charge in [-0.25, -0.2) is 0 Å². The van der Waals surface area contributed by atoms with Gasteiger partial charge in [-0.05, 0) is 40.9 Å². The molecule has 0 amide bonds. The first kappa shape index (κ1) is 11.6. The van der Waals surface area contributed by atoms with Crippen molar-refractivity contribution in [3.05, 3.63) is 28.6 Å². The Bertz CT molecular complexity index is 610. The molecule has 2 aromatic heterocycles. The zero-order valence-corrected chi connectivity index (χ0v) is 11.2. The molecule has 0 aliphatic heterocycles. The van der Waals surface area contributed by atoms with Crippen molar-refractivity contribution in [2.45, 2.75) is 25.2 Å². The molecule has 1 aliphatic carbocycles. The molecule has 1 aliphatic rings. The number of hydrogen-bond donors (Lipinski definition) is 1. The lowest BCUT2D eigenvalue weighted by molar-refractivity contribution is -0.142. The Morgan fingerprint density at radius 1 is 1.39 bits per heavy atom. The molecule has 5 nitrogen and oxygen atoms in total. The molecule has 0 radical (unpaired) electrons. The Labute approximate surface area is 112 Å². The van der Waals surface area contributed by atoms with Crippen LogP contribution in [0.15, 0.2) is 22.8 Å². The Morgan fingerprint density at radius 2 is 2.22 bits per heavy atom. The van der Waals surface area contributed by atoms with Crippen LogP contribution in [0.25, 0.3) is 5.65 Å². The van der Waals surface area contributed by atoms with Gasteiger partial charge in [0.1, 0.15) is 5.82 Å². The Hall–Kier alpha value is -1.43.